The minimum absolute atomic E-state index is 0.0314. The van der Waals surface area contributed by atoms with Crippen molar-refractivity contribution < 1.29 is 4.79 Å². The Morgan fingerprint density at radius 2 is 1.85 bits per heavy atom. The van der Waals surface area contributed by atoms with E-state index in [-0.39, 0.29) is 5.91 Å². The van der Waals surface area contributed by atoms with Gasteiger partial charge in [-0.25, -0.2) is 9.97 Å². The van der Waals surface area contributed by atoms with Gasteiger partial charge in [0.1, 0.15) is 11.5 Å². The van der Waals surface area contributed by atoms with Gasteiger partial charge in [-0.2, -0.15) is 0 Å². The third-order valence-electron chi connectivity index (χ3n) is 5.28. The van der Waals surface area contributed by atoms with Gasteiger partial charge in [-0.05, 0) is 43.9 Å². The molecule has 2 heterocycles. The van der Waals surface area contributed by atoms with E-state index in [2.05, 4.69) is 52.2 Å². The highest BCUT2D eigenvalue weighted by Crippen LogP contribution is 2.25. The van der Waals surface area contributed by atoms with Crippen molar-refractivity contribution in [1.82, 2.24) is 14.9 Å². The van der Waals surface area contributed by atoms with Crippen LogP contribution in [0.15, 0.2) is 30.6 Å². The number of carbonyl (C=O) groups excluding carboxylic acids is 1. The molecule has 1 aromatic heterocycles. The topological polar surface area (TPSA) is 61.4 Å². The Kier molecular flexibility index (Phi) is 4.49. The predicted octanol–water partition coefficient (Wildman–Crippen LogP) is 2.63. The van der Waals surface area contributed by atoms with Crippen LogP contribution in [0.25, 0.3) is 0 Å². The van der Waals surface area contributed by atoms with Crippen LogP contribution < -0.4 is 10.2 Å². The number of aromatic nitrogens is 2. The van der Waals surface area contributed by atoms with Crippen molar-refractivity contribution in [2.45, 2.75) is 32.7 Å². The molecule has 0 atom stereocenters. The standard InChI is InChI=1S/C20H25N5O/c1-14-4-3-5-18(15(14)2)24-8-10-25(11-9-24)20(26)17-12-22-19(13-21-17)23-16-6-7-16/h3-5,12-13,16H,6-11H2,1-2H3,(H,22,23). The maximum atomic E-state index is 12.7. The summed E-state index contributed by atoms with van der Waals surface area (Å²) < 4.78 is 0. The normalized spacial score (nSPS) is 17.3. The summed E-state index contributed by atoms with van der Waals surface area (Å²) in [5, 5.41) is 3.29. The van der Waals surface area contributed by atoms with Crippen LogP contribution in [0.2, 0.25) is 0 Å². The fourth-order valence-electron chi connectivity index (χ4n) is 3.34. The molecule has 1 aliphatic carbocycles. The second-order valence-corrected chi connectivity index (χ2v) is 7.20. The van der Waals surface area contributed by atoms with Crippen LogP contribution in [0, 0.1) is 13.8 Å². The molecule has 6 nitrogen and oxygen atoms in total. The van der Waals surface area contributed by atoms with Crippen LogP contribution in [0.5, 0.6) is 0 Å². The first-order valence-electron chi connectivity index (χ1n) is 9.31. The van der Waals surface area contributed by atoms with E-state index >= 15 is 0 Å². The third-order valence-corrected chi connectivity index (χ3v) is 5.28. The van der Waals surface area contributed by atoms with Crippen molar-refractivity contribution in [3.05, 3.63) is 47.4 Å². The molecule has 1 aliphatic heterocycles. The van der Waals surface area contributed by atoms with Gasteiger partial charge in [-0.1, -0.05) is 12.1 Å². The molecule has 4 rings (SSSR count). The van der Waals surface area contributed by atoms with Crippen LogP contribution in [0.4, 0.5) is 11.5 Å². The van der Waals surface area contributed by atoms with Gasteiger partial charge in [0.25, 0.3) is 5.91 Å². The average Bonchev–Trinajstić information content (AvgIpc) is 3.48. The number of benzene rings is 1. The number of nitrogens with zero attached hydrogens (tertiary/aromatic N) is 4. The van der Waals surface area contributed by atoms with Crippen LogP contribution >= 0.6 is 0 Å². The van der Waals surface area contributed by atoms with Crippen LogP contribution in [-0.4, -0.2) is 53.0 Å². The van der Waals surface area contributed by atoms with E-state index in [1.54, 1.807) is 12.4 Å². The van der Waals surface area contributed by atoms with E-state index in [0.717, 1.165) is 18.9 Å². The summed E-state index contributed by atoms with van der Waals surface area (Å²) in [6, 6.07) is 6.93. The molecule has 2 fully saturated rings. The first-order chi connectivity index (χ1) is 12.6. The van der Waals surface area contributed by atoms with Gasteiger partial charge in [-0.3, -0.25) is 4.79 Å². The lowest BCUT2D eigenvalue weighted by molar-refractivity contribution is 0.0740. The molecule has 0 spiro atoms. The number of nitrogens with one attached hydrogen (secondary N) is 1. The fraction of sp³-hybridized carbons (Fsp3) is 0.450. The lowest BCUT2D eigenvalue weighted by Gasteiger charge is -2.36. The molecule has 2 aromatic rings. The summed E-state index contributed by atoms with van der Waals surface area (Å²) >= 11 is 0. The van der Waals surface area contributed by atoms with Crippen molar-refractivity contribution in [3.8, 4) is 0 Å². The van der Waals surface area contributed by atoms with Gasteiger partial charge in [0.2, 0.25) is 0 Å². The minimum Gasteiger partial charge on any atom is -0.368 e. The second kappa shape index (κ2) is 6.94. The lowest BCUT2D eigenvalue weighted by Crippen LogP contribution is -2.49. The van der Waals surface area contributed by atoms with E-state index in [4.69, 9.17) is 0 Å². The molecule has 0 bridgehead atoms. The zero-order chi connectivity index (χ0) is 18.1. The maximum Gasteiger partial charge on any atom is 0.274 e. The molecule has 0 radical (unpaired) electrons. The number of rotatable bonds is 4. The van der Waals surface area contributed by atoms with E-state index in [0.29, 0.717) is 24.8 Å². The summed E-state index contributed by atoms with van der Waals surface area (Å²) in [4.78, 5) is 25.6. The average molecular weight is 351 g/mol. The highest BCUT2D eigenvalue weighted by molar-refractivity contribution is 5.92. The lowest BCUT2D eigenvalue weighted by atomic mass is 10.1. The number of hydrogen-bond acceptors (Lipinski definition) is 5. The van der Waals surface area contributed by atoms with Gasteiger partial charge in [-0.15, -0.1) is 0 Å². The van der Waals surface area contributed by atoms with Gasteiger partial charge < -0.3 is 15.1 Å². The summed E-state index contributed by atoms with van der Waals surface area (Å²) in [7, 11) is 0. The highest BCUT2D eigenvalue weighted by Gasteiger charge is 2.25. The van der Waals surface area contributed by atoms with E-state index < -0.39 is 0 Å². The SMILES string of the molecule is Cc1cccc(N2CCN(C(=O)c3cnc(NC4CC4)cn3)CC2)c1C. The molecule has 26 heavy (non-hydrogen) atoms. The van der Waals surface area contributed by atoms with Crippen LogP contribution in [0.1, 0.15) is 34.5 Å². The van der Waals surface area contributed by atoms with Crippen molar-refractivity contribution in [2.24, 2.45) is 0 Å². The Labute approximate surface area is 154 Å². The van der Waals surface area contributed by atoms with Crippen molar-refractivity contribution in [3.63, 3.8) is 0 Å². The third kappa shape index (κ3) is 3.49. The molecule has 1 saturated carbocycles. The van der Waals surface area contributed by atoms with E-state index in [1.807, 2.05) is 4.90 Å². The van der Waals surface area contributed by atoms with Gasteiger partial charge in [0.15, 0.2) is 0 Å². The van der Waals surface area contributed by atoms with Gasteiger partial charge in [0, 0.05) is 37.9 Å². The summed E-state index contributed by atoms with van der Waals surface area (Å²) in [6.45, 7) is 7.38. The molecular weight excluding hydrogens is 326 g/mol. The number of carbonyl (C=O) groups is 1. The smallest absolute Gasteiger partial charge is 0.274 e. The largest absolute Gasteiger partial charge is 0.368 e. The number of amides is 1. The molecule has 0 unspecified atom stereocenters. The van der Waals surface area contributed by atoms with E-state index in [1.165, 1.54) is 29.7 Å². The molecule has 2 aliphatic rings. The van der Waals surface area contributed by atoms with E-state index in [9.17, 15) is 4.79 Å². The number of aryl methyl sites for hydroxylation is 1. The molecular formula is C20H25N5O. The Bertz CT molecular complexity index is 792. The van der Waals surface area contributed by atoms with Gasteiger partial charge in [0.05, 0.1) is 12.4 Å². The van der Waals surface area contributed by atoms with Crippen molar-refractivity contribution >= 4 is 17.4 Å². The molecule has 1 amide bonds. The van der Waals surface area contributed by atoms with Gasteiger partial charge >= 0.3 is 0 Å². The predicted molar refractivity (Wildman–Crippen MR) is 103 cm³/mol. The monoisotopic (exact) mass is 351 g/mol. The summed E-state index contributed by atoms with van der Waals surface area (Å²) in [5.41, 5.74) is 4.31. The Balaban J connectivity index is 1.37. The second-order valence-electron chi connectivity index (χ2n) is 7.20. The summed E-state index contributed by atoms with van der Waals surface area (Å²) in [5.74, 6) is 0.722. The number of anilines is 2. The summed E-state index contributed by atoms with van der Waals surface area (Å²) in [6.07, 6.45) is 5.63. The van der Waals surface area contributed by atoms with Crippen LogP contribution in [0.3, 0.4) is 0 Å². The Hall–Kier alpha value is -2.63. The number of piperazine rings is 1. The molecule has 136 valence electrons. The zero-order valence-electron chi connectivity index (χ0n) is 15.4. The molecule has 1 saturated heterocycles. The first-order valence-corrected chi connectivity index (χ1v) is 9.31. The quantitative estimate of drug-likeness (QED) is 0.917. The highest BCUT2D eigenvalue weighted by atomic mass is 16.2. The minimum atomic E-state index is -0.0314. The Morgan fingerprint density at radius 3 is 2.50 bits per heavy atom. The van der Waals surface area contributed by atoms with Crippen LogP contribution in [-0.2, 0) is 0 Å². The molecule has 1 aromatic carbocycles. The first kappa shape index (κ1) is 16.8. The van der Waals surface area contributed by atoms with Crippen molar-refractivity contribution in [2.75, 3.05) is 36.4 Å². The number of hydrogen-bond donors (Lipinski definition) is 1. The molecule has 6 heteroatoms. The van der Waals surface area contributed by atoms with Crippen molar-refractivity contribution in [1.29, 1.82) is 0 Å². The molecule has 1 N–H and O–H groups in total. The Morgan fingerprint density at radius 1 is 1.08 bits per heavy atom. The maximum absolute atomic E-state index is 12.7. The zero-order valence-corrected chi connectivity index (χ0v) is 15.4. The fourth-order valence-corrected chi connectivity index (χ4v) is 3.34.